The second-order valence-electron chi connectivity index (χ2n) is 6.07. The smallest absolute Gasteiger partial charge is 0.255 e. The number of hydrogen-bond acceptors (Lipinski definition) is 6. The molecule has 0 bridgehead atoms. The molecule has 0 aromatic heterocycles. The maximum atomic E-state index is 12.5. The SMILES string of the molecule is N#C/C(=N\Nc1cccc(C(=O)Nc2ccc(Oc3ccccc3)cc2)c1)C(=N)N. The Labute approximate surface area is 173 Å². The van der Waals surface area contributed by atoms with Gasteiger partial charge in [0, 0.05) is 11.3 Å². The zero-order chi connectivity index (χ0) is 21.3. The highest BCUT2D eigenvalue weighted by Crippen LogP contribution is 2.23. The molecule has 0 radical (unpaired) electrons. The van der Waals surface area contributed by atoms with E-state index in [0.29, 0.717) is 22.7 Å². The van der Waals surface area contributed by atoms with E-state index in [0.717, 1.165) is 5.75 Å². The number of nitriles is 1. The van der Waals surface area contributed by atoms with E-state index < -0.39 is 5.84 Å². The van der Waals surface area contributed by atoms with Crippen LogP contribution in [0.4, 0.5) is 11.4 Å². The number of nitrogens with two attached hydrogens (primary N) is 1. The summed E-state index contributed by atoms with van der Waals surface area (Å²) >= 11 is 0. The highest BCUT2D eigenvalue weighted by atomic mass is 16.5. The number of ether oxygens (including phenoxy) is 1. The molecule has 0 heterocycles. The van der Waals surface area contributed by atoms with Gasteiger partial charge < -0.3 is 15.8 Å². The lowest BCUT2D eigenvalue weighted by atomic mass is 10.2. The predicted octanol–water partition coefficient (Wildman–Crippen LogP) is 3.96. The number of hydrazone groups is 1. The molecule has 0 fully saturated rings. The summed E-state index contributed by atoms with van der Waals surface area (Å²) in [6.07, 6.45) is 0. The van der Waals surface area contributed by atoms with Crippen molar-refractivity contribution in [1.29, 1.82) is 10.7 Å². The van der Waals surface area contributed by atoms with Crippen LogP contribution < -0.4 is 21.2 Å². The molecule has 0 aliphatic heterocycles. The van der Waals surface area contributed by atoms with Crippen molar-refractivity contribution in [1.82, 2.24) is 0 Å². The number of benzene rings is 3. The third-order valence-electron chi connectivity index (χ3n) is 3.87. The monoisotopic (exact) mass is 398 g/mol. The van der Waals surface area contributed by atoms with Crippen LogP contribution in [-0.2, 0) is 0 Å². The summed E-state index contributed by atoms with van der Waals surface area (Å²) in [7, 11) is 0. The number of nitrogens with one attached hydrogen (secondary N) is 3. The minimum Gasteiger partial charge on any atom is -0.457 e. The lowest BCUT2D eigenvalue weighted by molar-refractivity contribution is 0.102. The first-order valence-electron chi connectivity index (χ1n) is 8.88. The van der Waals surface area contributed by atoms with Crippen LogP contribution in [0.15, 0.2) is 84.0 Å². The number of anilines is 2. The molecular weight excluding hydrogens is 380 g/mol. The van der Waals surface area contributed by atoms with Gasteiger partial charge >= 0.3 is 0 Å². The molecule has 3 rings (SSSR count). The van der Waals surface area contributed by atoms with Crippen molar-refractivity contribution in [2.24, 2.45) is 10.8 Å². The molecule has 30 heavy (non-hydrogen) atoms. The summed E-state index contributed by atoms with van der Waals surface area (Å²) in [5, 5.41) is 22.7. The topological polar surface area (TPSA) is 136 Å². The second-order valence-corrected chi connectivity index (χ2v) is 6.07. The first-order chi connectivity index (χ1) is 14.5. The Morgan fingerprint density at radius 1 is 0.967 bits per heavy atom. The summed E-state index contributed by atoms with van der Waals surface area (Å²) in [5.74, 6) is 0.623. The van der Waals surface area contributed by atoms with Crippen LogP contribution in [-0.4, -0.2) is 17.5 Å². The minimum atomic E-state index is -0.446. The summed E-state index contributed by atoms with van der Waals surface area (Å²) < 4.78 is 5.73. The molecule has 1 amide bonds. The second kappa shape index (κ2) is 9.52. The van der Waals surface area contributed by atoms with E-state index in [-0.39, 0.29) is 11.6 Å². The van der Waals surface area contributed by atoms with Crippen molar-refractivity contribution in [2.75, 3.05) is 10.7 Å². The molecule has 0 aliphatic carbocycles. The molecule has 0 aliphatic rings. The van der Waals surface area contributed by atoms with E-state index in [1.165, 1.54) is 0 Å². The van der Waals surface area contributed by atoms with Crippen LogP contribution in [0.3, 0.4) is 0 Å². The van der Waals surface area contributed by atoms with E-state index in [2.05, 4.69) is 15.8 Å². The quantitative estimate of drug-likeness (QED) is 0.271. The van der Waals surface area contributed by atoms with Gasteiger partial charge in [-0.1, -0.05) is 24.3 Å². The van der Waals surface area contributed by atoms with E-state index in [1.54, 1.807) is 54.6 Å². The highest BCUT2D eigenvalue weighted by molar-refractivity contribution is 6.45. The average Bonchev–Trinajstić information content (AvgIpc) is 2.76. The largest absolute Gasteiger partial charge is 0.457 e. The third-order valence-corrected chi connectivity index (χ3v) is 3.87. The number of rotatable bonds is 7. The maximum Gasteiger partial charge on any atom is 0.255 e. The summed E-state index contributed by atoms with van der Waals surface area (Å²) in [4.78, 5) is 12.5. The lowest BCUT2D eigenvalue weighted by Gasteiger charge is -2.09. The zero-order valence-electron chi connectivity index (χ0n) is 15.8. The Morgan fingerprint density at radius 3 is 2.33 bits per heavy atom. The maximum absolute atomic E-state index is 12.5. The van der Waals surface area contributed by atoms with E-state index in [1.807, 2.05) is 30.3 Å². The Bertz CT molecular complexity index is 1120. The number of amidine groups is 1. The number of nitrogens with zero attached hydrogens (tertiary/aromatic N) is 2. The summed E-state index contributed by atoms with van der Waals surface area (Å²) in [6.45, 7) is 0. The van der Waals surface area contributed by atoms with Gasteiger partial charge in [0.05, 0.1) is 5.69 Å². The van der Waals surface area contributed by atoms with Gasteiger partial charge in [-0.3, -0.25) is 15.6 Å². The summed E-state index contributed by atoms with van der Waals surface area (Å²) in [5.41, 5.74) is 9.09. The van der Waals surface area contributed by atoms with Crippen LogP contribution in [0.25, 0.3) is 0 Å². The molecule has 0 atom stereocenters. The van der Waals surface area contributed by atoms with Gasteiger partial charge in [-0.05, 0) is 54.6 Å². The summed E-state index contributed by atoms with van der Waals surface area (Å²) in [6, 6.07) is 24.7. The molecule has 3 aromatic carbocycles. The first-order valence-corrected chi connectivity index (χ1v) is 8.88. The molecule has 0 saturated heterocycles. The van der Waals surface area contributed by atoms with E-state index in [9.17, 15) is 4.79 Å². The van der Waals surface area contributed by atoms with Crippen molar-refractivity contribution < 1.29 is 9.53 Å². The Hall–Kier alpha value is -4.64. The number of amides is 1. The van der Waals surface area contributed by atoms with Crippen LogP contribution in [0.5, 0.6) is 11.5 Å². The van der Waals surface area contributed by atoms with Crippen LogP contribution >= 0.6 is 0 Å². The molecule has 0 spiro atoms. The fourth-order valence-corrected chi connectivity index (χ4v) is 2.43. The van der Waals surface area contributed by atoms with Gasteiger partial charge in [-0.25, -0.2) is 0 Å². The molecular formula is C22H18N6O2. The van der Waals surface area contributed by atoms with Gasteiger partial charge in [-0.15, -0.1) is 0 Å². The average molecular weight is 398 g/mol. The third kappa shape index (κ3) is 5.43. The van der Waals surface area contributed by atoms with Crippen LogP contribution in [0, 0.1) is 16.7 Å². The molecule has 148 valence electrons. The Morgan fingerprint density at radius 2 is 1.67 bits per heavy atom. The standard InChI is InChI=1S/C22H18N6O2/c23-14-20(21(24)25)28-27-17-6-4-5-15(13-17)22(29)26-16-9-11-19(12-10-16)30-18-7-2-1-3-8-18/h1-13,27H,(H3,24,25)(H,26,29)/b28-20+. The Kier molecular flexibility index (Phi) is 6.38. The Balaban J connectivity index is 1.64. The van der Waals surface area contributed by atoms with Gasteiger partial charge in [0.15, 0.2) is 5.84 Å². The van der Waals surface area contributed by atoms with Crippen molar-refractivity contribution in [3.63, 3.8) is 0 Å². The molecule has 3 aromatic rings. The number of para-hydroxylation sites is 1. The van der Waals surface area contributed by atoms with Gasteiger partial charge in [-0.2, -0.15) is 10.4 Å². The highest BCUT2D eigenvalue weighted by Gasteiger charge is 2.08. The van der Waals surface area contributed by atoms with E-state index >= 15 is 0 Å². The minimum absolute atomic E-state index is 0.248. The van der Waals surface area contributed by atoms with Crippen molar-refractivity contribution >= 4 is 28.8 Å². The lowest BCUT2D eigenvalue weighted by Crippen LogP contribution is -2.21. The first kappa shape index (κ1) is 20.1. The molecule has 8 nitrogen and oxygen atoms in total. The molecule has 8 heteroatoms. The molecule has 0 saturated carbocycles. The van der Waals surface area contributed by atoms with Crippen molar-refractivity contribution in [2.45, 2.75) is 0 Å². The normalized spacial score (nSPS) is 10.6. The number of carbonyl (C=O) groups is 1. The van der Waals surface area contributed by atoms with E-state index in [4.69, 9.17) is 21.1 Å². The van der Waals surface area contributed by atoms with Crippen LogP contribution in [0.1, 0.15) is 10.4 Å². The van der Waals surface area contributed by atoms with Crippen LogP contribution in [0.2, 0.25) is 0 Å². The predicted molar refractivity (Wildman–Crippen MR) is 116 cm³/mol. The number of hydrogen-bond donors (Lipinski definition) is 4. The van der Waals surface area contributed by atoms with Gasteiger partial charge in [0.25, 0.3) is 5.91 Å². The fraction of sp³-hybridized carbons (Fsp3) is 0. The van der Waals surface area contributed by atoms with Gasteiger partial charge in [0.1, 0.15) is 17.6 Å². The van der Waals surface area contributed by atoms with Crippen molar-refractivity contribution in [3.8, 4) is 17.6 Å². The van der Waals surface area contributed by atoms with Gasteiger partial charge in [0.2, 0.25) is 5.71 Å². The molecule has 0 unspecified atom stereocenters. The molecule has 5 N–H and O–H groups in total. The fourth-order valence-electron chi connectivity index (χ4n) is 2.43. The zero-order valence-corrected chi connectivity index (χ0v) is 15.8. The van der Waals surface area contributed by atoms with Crippen molar-refractivity contribution in [3.05, 3.63) is 84.4 Å². The number of carbonyl (C=O) groups excluding carboxylic acids is 1.